The summed E-state index contributed by atoms with van der Waals surface area (Å²) in [5, 5.41) is 4.91. The molecule has 4 nitrogen and oxygen atoms in total. The van der Waals surface area contributed by atoms with Gasteiger partial charge in [-0.05, 0) is 12.1 Å². The van der Waals surface area contributed by atoms with E-state index in [0.29, 0.717) is 16.5 Å². The average Bonchev–Trinajstić information content (AvgIpc) is 2.81. The largest absolute Gasteiger partial charge is 0.469 e. The SMILES string of the molecule is COC(=O)CC1CC(c2ccc(Cl)c(Cl)c2)=NO1. The molecule has 1 atom stereocenters. The van der Waals surface area contributed by atoms with Crippen molar-refractivity contribution in [3.63, 3.8) is 0 Å². The number of hydrogen-bond acceptors (Lipinski definition) is 4. The third-order valence-electron chi connectivity index (χ3n) is 2.61. The predicted octanol–water partition coefficient (Wildman–Crippen LogP) is 3.05. The summed E-state index contributed by atoms with van der Waals surface area (Å²) in [6.07, 6.45) is 0.458. The fraction of sp³-hybridized carbons (Fsp3) is 0.333. The summed E-state index contributed by atoms with van der Waals surface area (Å²) in [6.45, 7) is 0. The molecule has 0 spiro atoms. The Morgan fingerprint density at radius 1 is 1.50 bits per heavy atom. The summed E-state index contributed by atoms with van der Waals surface area (Å²) < 4.78 is 4.58. The van der Waals surface area contributed by atoms with Crippen LogP contribution >= 0.6 is 23.2 Å². The van der Waals surface area contributed by atoms with E-state index in [1.807, 2.05) is 6.07 Å². The smallest absolute Gasteiger partial charge is 0.309 e. The molecular formula is C12H11Cl2NO3. The number of carbonyl (C=O) groups is 1. The van der Waals surface area contributed by atoms with Crippen LogP contribution in [0.1, 0.15) is 18.4 Å². The molecule has 0 saturated carbocycles. The molecule has 1 heterocycles. The second kappa shape index (κ2) is 5.59. The van der Waals surface area contributed by atoms with Crippen LogP contribution in [0.2, 0.25) is 10.0 Å². The zero-order valence-corrected chi connectivity index (χ0v) is 11.2. The van der Waals surface area contributed by atoms with Gasteiger partial charge in [0.1, 0.15) is 6.10 Å². The molecule has 96 valence electrons. The number of oxime groups is 1. The minimum atomic E-state index is -0.314. The van der Waals surface area contributed by atoms with E-state index in [2.05, 4.69) is 9.89 Å². The van der Waals surface area contributed by atoms with Crippen LogP contribution in [0.25, 0.3) is 0 Å². The van der Waals surface area contributed by atoms with E-state index < -0.39 is 0 Å². The molecule has 0 N–H and O–H groups in total. The number of nitrogens with zero attached hydrogens (tertiary/aromatic N) is 1. The van der Waals surface area contributed by atoms with Gasteiger partial charge in [0.25, 0.3) is 0 Å². The lowest BCUT2D eigenvalue weighted by Gasteiger charge is -2.05. The van der Waals surface area contributed by atoms with E-state index in [1.54, 1.807) is 12.1 Å². The third kappa shape index (κ3) is 2.94. The highest BCUT2D eigenvalue weighted by atomic mass is 35.5. The van der Waals surface area contributed by atoms with E-state index in [1.165, 1.54) is 7.11 Å². The minimum Gasteiger partial charge on any atom is -0.469 e. The Balaban J connectivity index is 2.04. The van der Waals surface area contributed by atoms with Crippen molar-refractivity contribution in [2.75, 3.05) is 7.11 Å². The van der Waals surface area contributed by atoms with E-state index in [0.717, 1.165) is 11.3 Å². The molecular weight excluding hydrogens is 277 g/mol. The maximum atomic E-state index is 11.1. The maximum absolute atomic E-state index is 11.1. The van der Waals surface area contributed by atoms with Gasteiger partial charge in [0.15, 0.2) is 0 Å². The Bertz CT molecular complexity index is 502. The number of carbonyl (C=O) groups excluding carboxylic acids is 1. The molecule has 1 aromatic rings. The fourth-order valence-corrected chi connectivity index (χ4v) is 1.95. The molecule has 1 aromatic carbocycles. The predicted molar refractivity (Wildman–Crippen MR) is 69.1 cm³/mol. The Morgan fingerprint density at radius 2 is 2.28 bits per heavy atom. The standard InChI is InChI=1S/C12H11Cl2NO3/c1-17-12(16)6-8-5-11(15-18-8)7-2-3-9(13)10(14)4-7/h2-4,8H,5-6H2,1H3. The van der Waals surface area contributed by atoms with Crippen molar-refractivity contribution in [2.45, 2.75) is 18.9 Å². The minimum absolute atomic E-state index is 0.185. The molecule has 0 saturated heterocycles. The summed E-state index contributed by atoms with van der Waals surface area (Å²) >= 11 is 11.8. The molecule has 6 heteroatoms. The number of esters is 1. The van der Waals surface area contributed by atoms with Crippen molar-refractivity contribution in [1.29, 1.82) is 0 Å². The molecule has 1 aliphatic rings. The second-order valence-electron chi connectivity index (χ2n) is 3.88. The lowest BCUT2D eigenvalue weighted by Crippen LogP contribution is -2.15. The van der Waals surface area contributed by atoms with E-state index in [4.69, 9.17) is 28.0 Å². The first-order valence-electron chi connectivity index (χ1n) is 5.35. The van der Waals surface area contributed by atoms with E-state index in [-0.39, 0.29) is 18.5 Å². The molecule has 0 radical (unpaired) electrons. The first kappa shape index (κ1) is 13.2. The van der Waals surface area contributed by atoms with Crippen molar-refractivity contribution < 1.29 is 14.4 Å². The van der Waals surface area contributed by atoms with Crippen LogP contribution in [0.4, 0.5) is 0 Å². The van der Waals surface area contributed by atoms with Crippen LogP contribution in [0.15, 0.2) is 23.4 Å². The molecule has 1 aliphatic heterocycles. The Morgan fingerprint density at radius 3 is 2.94 bits per heavy atom. The van der Waals surface area contributed by atoms with Crippen LogP contribution in [0, 0.1) is 0 Å². The van der Waals surface area contributed by atoms with Crippen LogP contribution in [0.5, 0.6) is 0 Å². The number of halogens is 2. The van der Waals surface area contributed by atoms with Gasteiger partial charge < -0.3 is 9.57 Å². The van der Waals surface area contributed by atoms with Gasteiger partial charge in [-0.1, -0.05) is 34.4 Å². The highest BCUT2D eigenvalue weighted by molar-refractivity contribution is 6.42. The first-order valence-corrected chi connectivity index (χ1v) is 6.10. The quantitative estimate of drug-likeness (QED) is 0.803. The number of rotatable bonds is 3. The number of ether oxygens (including phenoxy) is 1. The average molecular weight is 288 g/mol. The summed E-state index contributed by atoms with van der Waals surface area (Å²) in [6, 6.07) is 5.25. The molecule has 0 amide bonds. The monoisotopic (exact) mass is 287 g/mol. The van der Waals surface area contributed by atoms with Crippen LogP contribution in [0.3, 0.4) is 0 Å². The second-order valence-corrected chi connectivity index (χ2v) is 4.69. The van der Waals surface area contributed by atoms with Gasteiger partial charge in [0.05, 0.1) is 29.3 Å². The zero-order valence-electron chi connectivity index (χ0n) is 9.65. The Hall–Kier alpha value is -1.26. The highest BCUT2D eigenvalue weighted by Gasteiger charge is 2.25. The Kier molecular flexibility index (Phi) is 4.09. The van der Waals surface area contributed by atoms with Crippen molar-refractivity contribution in [3.05, 3.63) is 33.8 Å². The van der Waals surface area contributed by atoms with E-state index in [9.17, 15) is 4.79 Å². The number of benzene rings is 1. The summed E-state index contributed by atoms with van der Waals surface area (Å²) in [5.74, 6) is -0.314. The normalized spacial score (nSPS) is 18.2. The lowest BCUT2D eigenvalue weighted by molar-refractivity contribution is -0.143. The van der Waals surface area contributed by atoms with Gasteiger partial charge in [-0.3, -0.25) is 4.79 Å². The van der Waals surface area contributed by atoms with Crippen molar-refractivity contribution in [1.82, 2.24) is 0 Å². The zero-order chi connectivity index (χ0) is 13.1. The van der Waals surface area contributed by atoms with Gasteiger partial charge in [-0.25, -0.2) is 0 Å². The van der Waals surface area contributed by atoms with Crippen LogP contribution in [-0.2, 0) is 14.4 Å². The Labute approximate surface area is 114 Å². The molecule has 18 heavy (non-hydrogen) atoms. The first-order chi connectivity index (χ1) is 8.60. The number of hydrogen-bond donors (Lipinski definition) is 0. The van der Waals surface area contributed by atoms with Gasteiger partial charge >= 0.3 is 5.97 Å². The number of methoxy groups -OCH3 is 1. The maximum Gasteiger partial charge on any atom is 0.309 e. The van der Waals surface area contributed by atoms with Gasteiger partial charge in [-0.2, -0.15) is 0 Å². The molecule has 0 aromatic heterocycles. The highest BCUT2D eigenvalue weighted by Crippen LogP contribution is 2.26. The third-order valence-corrected chi connectivity index (χ3v) is 3.35. The fourth-order valence-electron chi connectivity index (χ4n) is 1.65. The van der Waals surface area contributed by atoms with Gasteiger partial charge in [0.2, 0.25) is 0 Å². The molecule has 0 fully saturated rings. The summed E-state index contributed by atoms with van der Waals surface area (Å²) in [4.78, 5) is 16.3. The molecule has 0 bridgehead atoms. The topological polar surface area (TPSA) is 47.9 Å². The van der Waals surface area contributed by atoms with Gasteiger partial charge in [0, 0.05) is 12.0 Å². The summed E-state index contributed by atoms with van der Waals surface area (Å²) in [7, 11) is 1.35. The van der Waals surface area contributed by atoms with Gasteiger partial charge in [-0.15, -0.1) is 0 Å². The van der Waals surface area contributed by atoms with E-state index >= 15 is 0 Å². The van der Waals surface area contributed by atoms with Crippen molar-refractivity contribution >= 4 is 34.9 Å². The molecule has 2 rings (SSSR count). The van der Waals surface area contributed by atoms with Crippen molar-refractivity contribution in [3.8, 4) is 0 Å². The lowest BCUT2D eigenvalue weighted by atomic mass is 10.0. The van der Waals surface area contributed by atoms with Crippen molar-refractivity contribution in [2.24, 2.45) is 5.16 Å². The molecule has 0 aliphatic carbocycles. The van der Waals surface area contributed by atoms with Crippen LogP contribution in [-0.4, -0.2) is 24.9 Å². The molecule has 1 unspecified atom stereocenters. The van der Waals surface area contributed by atoms with Crippen LogP contribution < -0.4 is 0 Å². The summed E-state index contributed by atoms with van der Waals surface area (Å²) in [5.41, 5.74) is 1.60.